The number of ether oxygens (including phenoxy) is 2. The van der Waals surface area contributed by atoms with Crippen LogP contribution in [-0.2, 0) is 15.9 Å². The summed E-state index contributed by atoms with van der Waals surface area (Å²) in [4.78, 5) is 32.6. The Kier molecular flexibility index (Phi) is 6.60. The minimum Gasteiger partial charge on any atom is -0.443 e. The minimum atomic E-state index is -0.733. The van der Waals surface area contributed by atoms with Crippen molar-refractivity contribution in [2.24, 2.45) is 4.99 Å². The van der Waals surface area contributed by atoms with Crippen LogP contribution in [0.4, 0.5) is 9.59 Å². The molecule has 160 valence electrons. The number of nitrogens with zero attached hydrogens (tertiary/aromatic N) is 3. The second kappa shape index (κ2) is 8.43. The number of carbonyl (C=O) groups excluding carboxylic acids is 2. The molecule has 1 heterocycles. The number of hydrogen-bond donors (Lipinski definition) is 0. The van der Waals surface area contributed by atoms with Crippen molar-refractivity contribution >= 4 is 18.1 Å². The highest BCUT2D eigenvalue weighted by molar-refractivity contribution is 6.00. The normalized spacial score (nSPS) is 18.9. The topological polar surface area (TPSA) is 71.4 Å². The fourth-order valence-corrected chi connectivity index (χ4v) is 3.03. The van der Waals surface area contributed by atoms with Crippen LogP contribution in [0.5, 0.6) is 0 Å². The predicted octanol–water partition coefficient (Wildman–Crippen LogP) is 4.38. The molecule has 29 heavy (non-hydrogen) atoms. The molecule has 2 amide bonds. The Morgan fingerprint density at radius 1 is 1.03 bits per heavy atom. The molecule has 1 atom stereocenters. The average Bonchev–Trinajstić information content (AvgIpc) is 2.81. The highest BCUT2D eigenvalue weighted by Crippen LogP contribution is 2.23. The molecular formula is C22H33N3O4. The van der Waals surface area contributed by atoms with E-state index in [4.69, 9.17) is 9.47 Å². The number of benzene rings is 1. The zero-order valence-electron chi connectivity index (χ0n) is 18.8. The van der Waals surface area contributed by atoms with Crippen molar-refractivity contribution in [2.75, 3.05) is 13.6 Å². The van der Waals surface area contributed by atoms with Gasteiger partial charge in [0.05, 0.1) is 6.04 Å². The maximum absolute atomic E-state index is 13.0. The van der Waals surface area contributed by atoms with E-state index >= 15 is 0 Å². The number of aliphatic imine (C=N–C) groups is 1. The van der Waals surface area contributed by atoms with E-state index in [2.05, 4.69) is 4.99 Å². The van der Waals surface area contributed by atoms with Gasteiger partial charge in [0.1, 0.15) is 11.2 Å². The SMILES string of the molecule is Cc1ccc(CC2CN(C)/C(=N\C(=O)OC(C)(C)C)N2C(=O)OC(C)(C)C)cc1. The summed E-state index contributed by atoms with van der Waals surface area (Å²) in [6.07, 6.45) is -0.637. The van der Waals surface area contributed by atoms with Gasteiger partial charge < -0.3 is 14.4 Å². The van der Waals surface area contributed by atoms with Gasteiger partial charge in [0.2, 0.25) is 5.96 Å². The summed E-state index contributed by atoms with van der Waals surface area (Å²) in [7, 11) is 1.80. The molecular weight excluding hydrogens is 370 g/mol. The maximum atomic E-state index is 13.0. The van der Waals surface area contributed by atoms with E-state index in [1.54, 1.807) is 32.7 Å². The molecule has 7 nitrogen and oxygen atoms in total. The van der Waals surface area contributed by atoms with E-state index in [9.17, 15) is 9.59 Å². The molecule has 1 aliphatic heterocycles. The number of carbonyl (C=O) groups is 2. The maximum Gasteiger partial charge on any atom is 0.437 e. The van der Waals surface area contributed by atoms with Crippen molar-refractivity contribution in [3.63, 3.8) is 0 Å². The summed E-state index contributed by atoms with van der Waals surface area (Å²) < 4.78 is 10.9. The van der Waals surface area contributed by atoms with Crippen molar-refractivity contribution in [3.8, 4) is 0 Å². The predicted molar refractivity (Wildman–Crippen MR) is 113 cm³/mol. The van der Waals surface area contributed by atoms with Crippen LogP contribution in [0.25, 0.3) is 0 Å². The van der Waals surface area contributed by atoms with Crippen LogP contribution in [0.15, 0.2) is 29.3 Å². The number of guanidine groups is 1. The van der Waals surface area contributed by atoms with Crippen LogP contribution < -0.4 is 0 Å². The molecule has 1 unspecified atom stereocenters. The van der Waals surface area contributed by atoms with Crippen LogP contribution in [0.3, 0.4) is 0 Å². The third-order valence-corrected chi connectivity index (χ3v) is 4.17. The minimum absolute atomic E-state index is 0.209. The Bertz CT molecular complexity index is 773. The largest absolute Gasteiger partial charge is 0.443 e. The quantitative estimate of drug-likeness (QED) is 0.733. The van der Waals surface area contributed by atoms with E-state index in [0.29, 0.717) is 13.0 Å². The summed E-state index contributed by atoms with van der Waals surface area (Å²) in [5.41, 5.74) is 0.939. The Morgan fingerprint density at radius 2 is 1.59 bits per heavy atom. The van der Waals surface area contributed by atoms with Gasteiger partial charge in [0, 0.05) is 13.6 Å². The monoisotopic (exact) mass is 403 g/mol. The van der Waals surface area contributed by atoms with Crippen molar-refractivity contribution in [2.45, 2.75) is 72.1 Å². The second-order valence-corrected chi connectivity index (χ2v) is 9.47. The molecule has 1 fully saturated rings. The zero-order valence-corrected chi connectivity index (χ0v) is 18.8. The molecule has 0 aromatic heterocycles. The summed E-state index contributed by atoms with van der Waals surface area (Å²) in [6.45, 7) is 13.3. The summed E-state index contributed by atoms with van der Waals surface area (Å²) in [5.74, 6) is 0.241. The first kappa shape index (κ1) is 22.7. The van der Waals surface area contributed by atoms with Crippen LogP contribution in [0.2, 0.25) is 0 Å². The lowest BCUT2D eigenvalue weighted by atomic mass is 10.0. The molecule has 0 bridgehead atoms. The number of aryl methyl sites for hydroxylation is 1. The smallest absolute Gasteiger partial charge is 0.437 e. The van der Waals surface area contributed by atoms with Crippen LogP contribution in [0.1, 0.15) is 52.7 Å². The van der Waals surface area contributed by atoms with Crippen molar-refractivity contribution in [1.29, 1.82) is 0 Å². The van der Waals surface area contributed by atoms with Crippen molar-refractivity contribution in [1.82, 2.24) is 9.80 Å². The Hall–Kier alpha value is -2.57. The van der Waals surface area contributed by atoms with Gasteiger partial charge >= 0.3 is 12.2 Å². The fraction of sp³-hybridized carbons (Fsp3) is 0.591. The number of amides is 2. The highest BCUT2D eigenvalue weighted by Gasteiger charge is 2.41. The molecule has 0 spiro atoms. The van der Waals surface area contributed by atoms with E-state index in [1.807, 2.05) is 52.0 Å². The van der Waals surface area contributed by atoms with Crippen molar-refractivity contribution in [3.05, 3.63) is 35.4 Å². The molecule has 0 radical (unpaired) electrons. The third-order valence-electron chi connectivity index (χ3n) is 4.17. The first-order valence-corrected chi connectivity index (χ1v) is 9.86. The third kappa shape index (κ3) is 6.76. The Labute approximate surface area is 173 Å². The Morgan fingerprint density at radius 3 is 2.10 bits per heavy atom. The van der Waals surface area contributed by atoms with Gasteiger partial charge in [0.15, 0.2) is 0 Å². The number of likely N-dealkylation sites (N-methyl/N-ethyl adjacent to an activating group) is 1. The van der Waals surface area contributed by atoms with Crippen LogP contribution in [-0.4, -0.2) is 58.8 Å². The van der Waals surface area contributed by atoms with Gasteiger partial charge in [-0.3, -0.25) is 0 Å². The summed E-state index contributed by atoms with van der Waals surface area (Å²) >= 11 is 0. The standard InChI is InChI=1S/C22H33N3O4/c1-15-9-11-16(12-10-15)13-17-14-24(8)18(23-19(26)28-21(2,3)4)25(17)20(27)29-22(5,6)7/h9-12,17H,13-14H2,1-8H3/b23-18+. The molecule has 2 rings (SSSR count). The number of hydrogen-bond acceptors (Lipinski definition) is 4. The van der Waals surface area contributed by atoms with E-state index in [0.717, 1.165) is 5.56 Å². The average molecular weight is 404 g/mol. The van der Waals surface area contributed by atoms with Gasteiger partial charge in [-0.25, -0.2) is 14.5 Å². The van der Waals surface area contributed by atoms with Gasteiger partial charge in [-0.15, -0.1) is 4.99 Å². The highest BCUT2D eigenvalue weighted by atomic mass is 16.6. The van der Waals surface area contributed by atoms with Crippen LogP contribution >= 0.6 is 0 Å². The molecule has 0 aliphatic carbocycles. The molecule has 1 aromatic carbocycles. The van der Waals surface area contributed by atoms with E-state index in [-0.39, 0.29) is 12.0 Å². The summed E-state index contributed by atoms with van der Waals surface area (Å²) in [5, 5.41) is 0. The lowest BCUT2D eigenvalue weighted by molar-refractivity contribution is 0.0335. The molecule has 1 saturated heterocycles. The first-order valence-electron chi connectivity index (χ1n) is 9.86. The molecule has 1 aliphatic rings. The zero-order chi connectivity index (χ0) is 22.0. The lowest BCUT2D eigenvalue weighted by Gasteiger charge is -2.28. The van der Waals surface area contributed by atoms with Gasteiger partial charge in [-0.2, -0.15) is 0 Å². The van der Waals surface area contributed by atoms with Gasteiger partial charge in [-0.05, 0) is 60.5 Å². The van der Waals surface area contributed by atoms with Crippen molar-refractivity contribution < 1.29 is 19.1 Å². The second-order valence-electron chi connectivity index (χ2n) is 9.47. The van der Waals surface area contributed by atoms with E-state index < -0.39 is 23.4 Å². The van der Waals surface area contributed by atoms with E-state index in [1.165, 1.54) is 10.5 Å². The van der Waals surface area contributed by atoms with Crippen LogP contribution in [0, 0.1) is 6.92 Å². The lowest BCUT2D eigenvalue weighted by Crippen LogP contribution is -2.45. The summed E-state index contributed by atoms with van der Waals surface area (Å²) in [6, 6.07) is 7.97. The molecule has 0 saturated carbocycles. The fourth-order valence-electron chi connectivity index (χ4n) is 3.03. The van der Waals surface area contributed by atoms with Gasteiger partial charge in [-0.1, -0.05) is 29.8 Å². The molecule has 7 heteroatoms. The number of rotatable bonds is 2. The van der Waals surface area contributed by atoms with Gasteiger partial charge in [0.25, 0.3) is 0 Å². The Balaban J connectivity index is 2.33. The first-order chi connectivity index (χ1) is 13.2. The molecule has 0 N–H and O–H groups in total. The molecule has 1 aromatic rings.